The average Bonchev–Trinajstić information content (AvgIpc) is 2.73. The van der Waals surface area contributed by atoms with E-state index < -0.39 is 0 Å². The Kier molecular flexibility index (Phi) is 23.3. The molecule has 0 aliphatic heterocycles. The van der Waals surface area contributed by atoms with E-state index in [9.17, 15) is 15.3 Å². The van der Waals surface area contributed by atoms with Crippen LogP contribution in [0.1, 0.15) is 110 Å². The first-order chi connectivity index (χ1) is 14.7. The lowest BCUT2D eigenvalue weighted by atomic mass is 10.0. The molecule has 0 aliphatic carbocycles. The predicted octanol–water partition coefficient (Wildman–Crippen LogP) is 5.02. The lowest BCUT2D eigenvalue weighted by Gasteiger charge is -2.36. The highest BCUT2D eigenvalue weighted by Gasteiger charge is 2.26. The molecule has 3 N–H and O–H groups in total. The molecule has 0 rings (SSSR count). The Labute approximate surface area is 187 Å². The molecule has 0 heterocycles. The maximum absolute atomic E-state index is 9.27. The highest BCUT2D eigenvalue weighted by Crippen LogP contribution is 2.14. The molecule has 0 amide bonds. The maximum Gasteiger partial charge on any atom is 0.183 e. The molecule has 0 aromatic carbocycles. The quantitative estimate of drug-likeness (QED) is 0.108. The van der Waals surface area contributed by atoms with Gasteiger partial charge in [0.2, 0.25) is 0 Å². The van der Waals surface area contributed by atoms with Crippen molar-refractivity contribution in [1.29, 1.82) is 0 Å². The van der Waals surface area contributed by atoms with E-state index in [2.05, 4.69) is 6.92 Å². The predicted molar refractivity (Wildman–Crippen MR) is 126 cm³/mol. The number of unbranched alkanes of at least 4 members (excludes halogenated alkanes) is 15. The standard InChI is InChI=1S/C25H54NO4/c1-2-3-4-5-6-7-8-9-10-11-12-13-14-15-16-17-24-30-25-26(18-21-27,19-22-28)20-23-29/h27-29H,2-25H2,1H3/q+1. The Morgan fingerprint density at radius 3 is 1.17 bits per heavy atom. The van der Waals surface area contributed by atoms with Crippen LogP contribution in [-0.2, 0) is 4.74 Å². The van der Waals surface area contributed by atoms with Crippen LogP contribution >= 0.6 is 0 Å². The summed E-state index contributed by atoms with van der Waals surface area (Å²) in [7, 11) is 0. The summed E-state index contributed by atoms with van der Waals surface area (Å²) in [5, 5.41) is 27.8. The molecule has 0 fully saturated rings. The van der Waals surface area contributed by atoms with Crippen molar-refractivity contribution in [2.75, 3.05) is 52.8 Å². The Morgan fingerprint density at radius 2 is 0.833 bits per heavy atom. The van der Waals surface area contributed by atoms with Gasteiger partial charge in [0.25, 0.3) is 0 Å². The van der Waals surface area contributed by atoms with Gasteiger partial charge in [0, 0.05) is 0 Å². The van der Waals surface area contributed by atoms with E-state index >= 15 is 0 Å². The highest BCUT2D eigenvalue weighted by atomic mass is 16.5. The Morgan fingerprint density at radius 1 is 0.500 bits per heavy atom. The molecule has 0 bridgehead atoms. The number of aliphatic hydroxyl groups excluding tert-OH is 3. The van der Waals surface area contributed by atoms with Crippen molar-refractivity contribution in [3.05, 3.63) is 0 Å². The van der Waals surface area contributed by atoms with Gasteiger partial charge in [-0.1, -0.05) is 103 Å². The number of aliphatic hydroxyl groups is 3. The molecule has 0 radical (unpaired) electrons. The molecule has 5 nitrogen and oxygen atoms in total. The maximum atomic E-state index is 9.27. The smallest absolute Gasteiger partial charge is 0.183 e. The summed E-state index contributed by atoms with van der Waals surface area (Å²) in [6.07, 6.45) is 21.8. The van der Waals surface area contributed by atoms with Gasteiger partial charge >= 0.3 is 0 Å². The zero-order valence-electron chi connectivity index (χ0n) is 20.2. The fourth-order valence-corrected chi connectivity index (χ4v) is 4.18. The molecule has 0 aromatic rings. The Hall–Kier alpha value is -0.200. The van der Waals surface area contributed by atoms with Crippen molar-refractivity contribution in [3.8, 4) is 0 Å². The molecular formula is C25H54NO4+. The first kappa shape index (κ1) is 29.8. The lowest BCUT2D eigenvalue weighted by Crippen LogP contribution is -2.54. The van der Waals surface area contributed by atoms with Crippen LogP contribution in [0.25, 0.3) is 0 Å². The van der Waals surface area contributed by atoms with Crippen LogP contribution in [0.4, 0.5) is 0 Å². The number of hydrogen-bond donors (Lipinski definition) is 3. The summed E-state index contributed by atoms with van der Waals surface area (Å²) in [5.41, 5.74) is 0. The SMILES string of the molecule is CCCCCCCCCCCCCCCCCCOC[N+](CCO)(CCO)CCO. The summed E-state index contributed by atoms with van der Waals surface area (Å²) < 4.78 is 6.25. The topological polar surface area (TPSA) is 69.9 Å². The summed E-state index contributed by atoms with van der Waals surface area (Å²) in [6.45, 7) is 5.13. The van der Waals surface area contributed by atoms with Gasteiger partial charge in [0.15, 0.2) is 6.73 Å². The fourth-order valence-electron chi connectivity index (χ4n) is 4.18. The van der Waals surface area contributed by atoms with E-state index in [1.165, 1.54) is 96.3 Å². The largest absolute Gasteiger partial charge is 0.391 e. The van der Waals surface area contributed by atoms with Crippen LogP contribution < -0.4 is 0 Å². The number of ether oxygens (including phenoxy) is 1. The second kappa shape index (κ2) is 23.5. The fraction of sp³-hybridized carbons (Fsp3) is 1.00. The van der Waals surface area contributed by atoms with Crippen LogP contribution in [-0.4, -0.2) is 72.6 Å². The molecule has 0 saturated carbocycles. The number of nitrogens with zero attached hydrogens (tertiary/aromatic N) is 1. The first-order valence-corrected chi connectivity index (χ1v) is 13.0. The van der Waals surface area contributed by atoms with Gasteiger partial charge in [-0.2, -0.15) is 0 Å². The van der Waals surface area contributed by atoms with Gasteiger partial charge < -0.3 is 20.1 Å². The summed E-state index contributed by atoms with van der Waals surface area (Å²) >= 11 is 0. The normalized spacial score (nSPS) is 12.0. The third-order valence-electron chi connectivity index (χ3n) is 6.23. The third-order valence-corrected chi connectivity index (χ3v) is 6.23. The van der Waals surface area contributed by atoms with Crippen LogP contribution in [0.5, 0.6) is 0 Å². The summed E-state index contributed by atoms with van der Waals surface area (Å²) in [4.78, 5) is 0. The van der Waals surface area contributed by atoms with E-state index in [1.54, 1.807) is 0 Å². The molecule has 0 aliphatic rings. The van der Waals surface area contributed by atoms with Crippen molar-refractivity contribution in [1.82, 2.24) is 0 Å². The molecule has 30 heavy (non-hydrogen) atoms. The van der Waals surface area contributed by atoms with Gasteiger partial charge in [-0.05, 0) is 6.42 Å². The highest BCUT2D eigenvalue weighted by molar-refractivity contribution is 4.50. The molecule has 182 valence electrons. The van der Waals surface area contributed by atoms with Crippen molar-refractivity contribution < 1.29 is 24.5 Å². The Balaban J connectivity index is 3.41. The van der Waals surface area contributed by atoms with Crippen molar-refractivity contribution in [2.45, 2.75) is 110 Å². The second-order valence-corrected chi connectivity index (χ2v) is 9.02. The zero-order chi connectivity index (χ0) is 22.2. The van der Waals surface area contributed by atoms with Crippen LogP contribution in [0.3, 0.4) is 0 Å². The monoisotopic (exact) mass is 432 g/mol. The van der Waals surface area contributed by atoms with E-state index in [-0.39, 0.29) is 19.8 Å². The van der Waals surface area contributed by atoms with Crippen LogP contribution in [0.15, 0.2) is 0 Å². The third kappa shape index (κ3) is 18.6. The molecular weight excluding hydrogens is 378 g/mol. The minimum absolute atomic E-state index is 0.0441. The van der Waals surface area contributed by atoms with Crippen molar-refractivity contribution >= 4 is 0 Å². The first-order valence-electron chi connectivity index (χ1n) is 13.0. The van der Waals surface area contributed by atoms with E-state index in [0.717, 1.165) is 13.0 Å². The van der Waals surface area contributed by atoms with Crippen molar-refractivity contribution in [2.24, 2.45) is 0 Å². The minimum atomic E-state index is 0.0441. The van der Waals surface area contributed by atoms with Gasteiger partial charge in [-0.3, -0.25) is 4.48 Å². The second-order valence-electron chi connectivity index (χ2n) is 9.02. The van der Waals surface area contributed by atoms with Gasteiger partial charge in [-0.15, -0.1) is 0 Å². The van der Waals surface area contributed by atoms with Crippen LogP contribution in [0, 0.1) is 0 Å². The average molecular weight is 433 g/mol. The molecule has 0 saturated heterocycles. The molecule has 0 spiro atoms. The van der Waals surface area contributed by atoms with Gasteiger partial charge in [0.1, 0.15) is 19.6 Å². The van der Waals surface area contributed by atoms with Gasteiger partial charge in [0.05, 0.1) is 26.4 Å². The van der Waals surface area contributed by atoms with E-state index in [1.807, 2.05) is 0 Å². The van der Waals surface area contributed by atoms with Gasteiger partial charge in [-0.25, -0.2) is 0 Å². The summed E-state index contributed by atoms with van der Waals surface area (Å²) in [6, 6.07) is 0. The molecule has 0 atom stereocenters. The number of rotatable bonds is 25. The number of quaternary nitrogens is 1. The molecule has 5 heteroatoms. The number of hydrogen-bond acceptors (Lipinski definition) is 4. The Bertz CT molecular complexity index is 311. The van der Waals surface area contributed by atoms with E-state index in [0.29, 0.717) is 30.8 Å². The van der Waals surface area contributed by atoms with Crippen LogP contribution in [0.2, 0.25) is 0 Å². The molecule has 0 aromatic heterocycles. The zero-order valence-corrected chi connectivity index (χ0v) is 20.2. The summed E-state index contributed by atoms with van der Waals surface area (Å²) in [5.74, 6) is 0. The lowest BCUT2D eigenvalue weighted by molar-refractivity contribution is -0.946. The minimum Gasteiger partial charge on any atom is -0.391 e. The molecule has 0 unspecified atom stereocenters. The van der Waals surface area contributed by atoms with Crippen molar-refractivity contribution in [3.63, 3.8) is 0 Å². The van der Waals surface area contributed by atoms with E-state index in [4.69, 9.17) is 4.74 Å².